The van der Waals surface area contributed by atoms with Crippen LogP contribution >= 0.6 is 0 Å². The van der Waals surface area contributed by atoms with Crippen LogP contribution in [-0.2, 0) is 4.74 Å². The normalized spacial score (nSPS) is 21.8. The fourth-order valence-corrected chi connectivity index (χ4v) is 2.66. The number of ether oxygens (including phenoxy) is 1. The molecule has 128 valence electrons. The van der Waals surface area contributed by atoms with Gasteiger partial charge in [-0.1, -0.05) is 0 Å². The second-order valence-corrected chi connectivity index (χ2v) is 6.64. The van der Waals surface area contributed by atoms with Crippen LogP contribution in [0, 0.1) is 17.5 Å². The average Bonchev–Trinajstić information content (AvgIpc) is 2.41. The summed E-state index contributed by atoms with van der Waals surface area (Å²) in [7, 11) is 0. The zero-order chi connectivity index (χ0) is 17.2. The number of halogens is 3. The molecular formula is C16H21F3N2O2. The number of hydrogen-bond donors (Lipinski definition) is 2. The Bertz CT molecular complexity index is 587. The third-order valence-corrected chi connectivity index (χ3v) is 3.62. The summed E-state index contributed by atoms with van der Waals surface area (Å²) >= 11 is 0. The van der Waals surface area contributed by atoms with E-state index in [1.165, 1.54) is 0 Å². The van der Waals surface area contributed by atoms with Gasteiger partial charge in [0.15, 0.2) is 11.6 Å². The molecule has 23 heavy (non-hydrogen) atoms. The van der Waals surface area contributed by atoms with Gasteiger partial charge < -0.3 is 15.4 Å². The van der Waals surface area contributed by atoms with E-state index < -0.39 is 41.1 Å². The van der Waals surface area contributed by atoms with Gasteiger partial charge in [-0.05, 0) is 45.4 Å². The first kappa shape index (κ1) is 17.6. The third-order valence-electron chi connectivity index (χ3n) is 3.62. The zero-order valence-electron chi connectivity index (χ0n) is 13.4. The monoisotopic (exact) mass is 330 g/mol. The lowest BCUT2D eigenvalue weighted by Gasteiger charge is -2.34. The van der Waals surface area contributed by atoms with Crippen molar-refractivity contribution in [2.45, 2.75) is 44.8 Å². The van der Waals surface area contributed by atoms with Gasteiger partial charge in [-0.25, -0.2) is 18.0 Å². The smallest absolute Gasteiger partial charge is 0.407 e. The van der Waals surface area contributed by atoms with Crippen LogP contribution in [0.25, 0.3) is 0 Å². The van der Waals surface area contributed by atoms with Crippen LogP contribution in [0.3, 0.4) is 0 Å². The fourth-order valence-electron chi connectivity index (χ4n) is 2.66. The fraction of sp³-hybridized carbons (Fsp3) is 0.562. The highest BCUT2D eigenvalue weighted by Gasteiger charge is 2.31. The SMILES string of the molecule is CC(C)(C)OC(=O)NC1CNCC[C@@H]1c1cc(F)c(F)cc1F. The standard InChI is InChI=1S/C16H21F3N2O2/c1-16(2,3)23-15(22)21-14-8-20-5-4-9(14)10-6-12(18)13(19)7-11(10)17/h6-7,9,14,20H,4-5,8H2,1-3H3,(H,21,22)/t9-,14?/m1/s1. The number of hydrogen-bond acceptors (Lipinski definition) is 3. The van der Waals surface area contributed by atoms with E-state index in [0.29, 0.717) is 25.6 Å². The van der Waals surface area contributed by atoms with Crippen molar-refractivity contribution in [3.63, 3.8) is 0 Å². The first-order valence-corrected chi connectivity index (χ1v) is 7.52. The highest BCUT2D eigenvalue weighted by molar-refractivity contribution is 5.68. The largest absolute Gasteiger partial charge is 0.444 e. The molecule has 1 aromatic rings. The lowest BCUT2D eigenvalue weighted by atomic mass is 9.85. The molecule has 0 aliphatic carbocycles. The van der Waals surface area contributed by atoms with Crippen LogP contribution in [0.2, 0.25) is 0 Å². The van der Waals surface area contributed by atoms with E-state index >= 15 is 0 Å². The van der Waals surface area contributed by atoms with E-state index in [-0.39, 0.29) is 5.56 Å². The van der Waals surface area contributed by atoms with Crippen LogP contribution < -0.4 is 10.6 Å². The van der Waals surface area contributed by atoms with Crippen molar-refractivity contribution in [2.75, 3.05) is 13.1 Å². The Labute approximate surface area is 133 Å². The number of carbonyl (C=O) groups is 1. The number of nitrogens with one attached hydrogen (secondary N) is 2. The van der Waals surface area contributed by atoms with Gasteiger partial charge in [-0.15, -0.1) is 0 Å². The van der Waals surface area contributed by atoms with Crippen molar-refractivity contribution in [3.05, 3.63) is 35.1 Å². The Balaban J connectivity index is 2.19. The number of amides is 1. The average molecular weight is 330 g/mol. The van der Waals surface area contributed by atoms with Gasteiger partial charge in [0.1, 0.15) is 11.4 Å². The number of benzene rings is 1. The van der Waals surface area contributed by atoms with Gasteiger partial charge in [0.25, 0.3) is 0 Å². The molecule has 1 aliphatic heterocycles. The summed E-state index contributed by atoms with van der Waals surface area (Å²) in [5.74, 6) is -3.60. The molecule has 1 unspecified atom stereocenters. The zero-order valence-corrected chi connectivity index (χ0v) is 13.4. The molecule has 1 aliphatic rings. The minimum Gasteiger partial charge on any atom is -0.444 e. The summed E-state index contributed by atoms with van der Waals surface area (Å²) in [5.41, 5.74) is -0.596. The predicted octanol–water partition coefficient (Wildman–Crippen LogP) is 3.07. The van der Waals surface area contributed by atoms with E-state index in [1.807, 2.05) is 0 Å². The quantitative estimate of drug-likeness (QED) is 0.820. The van der Waals surface area contributed by atoms with Crippen molar-refractivity contribution in [2.24, 2.45) is 0 Å². The summed E-state index contributed by atoms with van der Waals surface area (Å²) < 4.78 is 45.8. The molecule has 1 fully saturated rings. The molecule has 2 N–H and O–H groups in total. The van der Waals surface area contributed by atoms with Crippen LogP contribution in [0.5, 0.6) is 0 Å². The van der Waals surface area contributed by atoms with Gasteiger partial charge in [-0.2, -0.15) is 0 Å². The van der Waals surface area contributed by atoms with E-state index in [4.69, 9.17) is 4.74 Å². The molecule has 1 amide bonds. The molecular weight excluding hydrogens is 309 g/mol. The minimum atomic E-state index is -1.23. The first-order chi connectivity index (χ1) is 10.7. The molecule has 1 heterocycles. The van der Waals surface area contributed by atoms with Crippen molar-refractivity contribution in [3.8, 4) is 0 Å². The Morgan fingerprint density at radius 2 is 1.87 bits per heavy atom. The molecule has 2 atom stereocenters. The topological polar surface area (TPSA) is 50.4 Å². The van der Waals surface area contributed by atoms with Crippen LogP contribution in [-0.4, -0.2) is 30.8 Å². The summed E-state index contributed by atoms with van der Waals surface area (Å²) in [6.07, 6.45) is -0.137. The van der Waals surface area contributed by atoms with Crippen LogP contribution in [0.15, 0.2) is 12.1 Å². The lowest BCUT2D eigenvalue weighted by Crippen LogP contribution is -2.51. The molecule has 1 aromatic carbocycles. The second kappa shape index (κ2) is 6.78. The van der Waals surface area contributed by atoms with Gasteiger partial charge in [0.2, 0.25) is 0 Å². The Morgan fingerprint density at radius 1 is 1.22 bits per heavy atom. The number of rotatable bonds is 2. The van der Waals surface area contributed by atoms with E-state index in [2.05, 4.69) is 10.6 Å². The second-order valence-electron chi connectivity index (χ2n) is 6.64. The number of carbonyl (C=O) groups excluding carboxylic acids is 1. The Hall–Kier alpha value is -1.76. The highest BCUT2D eigenvalue weighted by Crippen LogP contribution is 2.29. The van der Waals surface area contributed by atoms with Crippen molar-refractivity contribution >= 4 is 6.09 Å². The molecule has 1 saturated heterocycles. The summed E-state index contributed by atoms with van der Waals surface area (Å²) in [4.78, 5) is 11.9. The molecule has 0 bridgehead atoms. The minimum absolute atomic E-state index is 0.0615. The Morgan fingerprint density at radius 3 is 2.52 bits per heavy atom. The van der Waals surface area contributed by atoms with Crippen LogP contribution in [0.4, 0.5) is 18.0 Å². The first-order valence-electron chi connectivity index (χ1n) is 7.52. The van der Waals surface area contributed by atoms with Crippen LogP contribution in [0.1, 0.15) is 38.7 Å². The van der Waals surface area contributed by atoms with Gasteiger partial charge in [0.05, 0.1) is 6.04 Å². The lowest BCUT2D eigenvalue weighted by molar-refractivity contribution is 0.0489. The number of piperidine rings is 1. The van der Waals surface area contributed by atoms with Crippen molar-refractivity contribution in [1.82, 2.24) is 10.6 Å². The van der Waals surface area contributed by atoms with Crippen molar-refractivity contribution < 1.29 is 22.7 Å². The summed E-state index contributed by atoms with van der Waals surface area (Å²) in [6.45, 7) is 6.19. The van der Waals surface area contributed by atoms with Gasteiger partial charge in [-0.3, -0.25) is 0 Å². The predicted molar refractivity (Wildman–Crippen MR) is 79.7 cm³/mol. The Kier molecular flexibility index (Phi) is 5.19. The molecule has 4 nitrogen and oxygen atoms in total. The molecule has 0 radical (unpaired) electrons. The molecule has 2 rings (SSSR count). The third kappa shape index (κ3) is 4.60. The van der Waals surface area contributed by atoms with Gasteiger partial charge in [0, 0.05) is 18.5 Å². The summed E-state index contributed by atoms with van der Waals surface area (Å²) in [6, 6.07) is 0.930. The van der Waals surface area contributed by atoms with Gasteiger partial charge >= 0.3 is 6.09 Å². The summed E-state index contributed by atoms with van der Waals surface area (Å²) in [5, 5.41) is 5.77. The molecule has 0 aromatic heterocycles. The van der Waals surface area contributed by atoms with E-state index in [1.54, 1.807) is 20.8 Å². The van der Waals surface area contributed by atoms with Crippen molar-refractivity contribution in [1.29, 1.82) is 0 Å². The van der Waals surface area contributed by atoms with E-state index in [0.717, 1.165) is 6.07 Å². The van der Waals surface area contributed by atoms with E-state index in [9.17, 15) is 18.0 Å². The maximum Gasteiger partial charge on any atom is 0.407 e. The maximum absolute atomic E-state index is 14.0. The number of alkyl carbamates (subject to hydrolysis) is 1. The maximum atomic E-state index is 14.0. The molecule has 7 heteroatoms. The highest BCUT2D eigenvalue weighted by atomic mass is 19.2. The molecule has 0 saturated carbocycles. The molecule has 0 spiro atoms.